The molecule has 0 saturated carbocycles. The van der Waals surface area contributed by atoms with Crippen molar-refractivity contribution in [1.29, 1.82) is 5.26 Å². The third-order valence-electron chi connectivity index (χ3n) is 3.14. The average molecular weight is 288 g/mol. The van der Waals surface area contributed by atoms with Gasteiger partial charge in [0.1, 0.15) is 17.5 Å². The number of nitriles is 1. The number of anilines is 1. The van der Waals surface area contributed by atoms with Crippen molar-refractivity contribution >= 4 is 11.9 Å². The van der Waals surface area contributed by atoms with Crippen LogP contribution in [-0.4, -0.2) is 47.8 Å². The summed E-state index contributed by atoms with van der Waals surface area (Å²) in [6.45, 7) is 7.99. The van der Waals surface area contributed by atoms with Crippen LogP contribution in [0.3, 0.4) is 0 Å². The molecule has 1 aliphatic heterocycles. The molecule has 0 atom stereocenters. The molecule has 2 rings (SSSR count). The Kier molecular flexibility index (Phi) is 4.32. The largest absolute Gasteiger partial charge is 0.444 e. The smallest absolute Gasteiger partial charge is 0.410 e. The van der Waals surface area contributed by atoms with E-state index in [2.05, 4.69) is 11.1 Å². The molecule has 6 heteroatoms. The standard InChI is InChI=1S/C15H20N4O2/c1-15(2,3)21-14(20)19-9-7-18(8-10-19)13-12(11-16)5-4-6-17-13/h4-6H,7-10H2,1-3H3. The zero-order chi connectivity index (χ0) is 15.5. The maximum absolute atomic E-state index is 12.0. The fourth-order valence-electron chi connectivity index (χ4n) is 2.16. The van der Waals surface area contributed by atoms with Crippen molar-refractivity contribution < 1.29 is 9.53 Å². The Balaban J connectivity index is 1.98. The van der Waals surface area contributed by atoms with E-state index in [1.165, 1.54) is 0 Å². The normalized spacial score (nSPS) is 15.5. The quantitative estimate of drug-likeness (QED) is 0.790. The fraction of sp³-hybridized carbons (Fsp3) is 0.533. The van der Waals surface area contributed by atoms with Crippen molar-refractivity contribution in [3.63, 3.8) is 0 Å². The summed E-state index contributed by atoms with van der Waals surface area (Å²) in [5.74, 6) is 0.684. The molecule has 1 fully saturated rings. The number of piperazine rings is 1. The maximum Gasteiger partial charge on any atom is 0.410 e. The Morgan fingerprint density at radius 3 is 2.57 bits per heavy atom. The average Bonchev–Trinajstić information content (AvgIpc) is 2.45. The van der Waals surface area contributed by atoms with Gasteiger partial charge in [-0.25, -0.2) is 9.78 Å². The molecule has 0 unspecified atom stereocenters. The van der Waals surface area contributed by atoms with Crippen molar-refractivity contribution in [2.45, 2.75) is 26.4 Å². The number of rotatable bonds is 1. The molecule has 0 aromatic carbocycles. The van der Waals surface area contributed by atoms with Crippen molar-refractivity contribution in [3.8, 4) is 6.07 Å². The number of hydrogen-bond donors (Lipinski definition) is 0. The lowest BCUT2D eigenvalue weighted by Gasteiger charge is -2.36. The Hall–Kier alpha value is -2.29. The highest BCUT2D eigenvalue weighted by molar-refractivity contribution is 5.68. The zero-order valence-electron chi connectivity index (χ0n) is 12.7. The predicted molar refractivity (Wildman–Crippen MR) is 79.0 cm³/mol. The van der Waals surface area contributed by atoms with Crippen molar-refractivity contribution in [1.82, 2.24) is 9.88 Å². The van der Waals surface area contributed by atoms with Crippen LogP contribution in [0.5, 0.6) is 0 Å². The van der Waals surface area contributed by atoms with Crippen LogP contribution in [0.1, 0.15) is 26.3 Å². The minimum absolute atomic E-state index is 0.288. The first-order valence-electron chi connectivity index (χ1n) is 6.99. The van der Waals surface area contributed by atoms with Crippen molar-refractivity contribution in [2.24, 2.45) is 0 Å². The SMILES string of the molecule is CC(C)(C)OC(=O)N1CCN(c2ncccc2C#N)CC1. The van der Waals surface area contributed by atoms with E-state index in [9.17, 15) is 4.79 Å². The molecule has 1 aliphatic rings. The second-order valence-corrected chi connectivity index (χ2v) is 5.94. The summed E-state index contributed by atoms with van der Waals surface area (Å²) in [6, 6.07) is 5.65. The highest BCUT2D eigenvalue weighted by Crippen LogP contribution is 2.19. The Labute approximate surface area is 124 Å². The van der Waals surface area contributed by atoms with Crippen LogP contribution in [0.25, 0.3) is 0 Å². The Bertz CT molecular complexity index is 552. The summed E-state index contributed by atoms with van der Waals surface area (Å²) in [5, 5.41) is 9.12. The number of amides is 1. The van der Waals surface area contributed by atoms with Crippen LogP contribution in [0, 0.1) is 11.3 Å². The first-order chi connectivity index (χ1) is 9.90. The number of carbonyl (C=O) groups excluding carboxylic acids is 1. The van der Waals surface area contributed by atoms with Crippen LogP contribution in [0.15, 0.2) is 18.3 Å². The van der Waals surface area contributed by atoms with E-state index in [1.807, 2.05) is 25.7 Å². The summed E-state index contributed by atoms with van der Waals surface area (Å²) in [6.07, 6.45) is 1.39. The van der Waals surface area contributed by atoms with Crippen molar-refractivity contribution in [2.75, 3.05) is 31.1 Å². The van der Waals surface area contributed by atoms with Crippen LogP contribution in [0.2, 0.25) is 0 Å². The molecule has 0 N–H and O–H groups in total. The monoisotopic (exact) mass is 288 g/mol. The summed E-state index contributed by atoms with van der Waals surface area (Å²) < 4.78 is 5.36. The molecule has 1 saturated heterocycles. The van der Waals surface area contributed by atoms with Gasteiger partial charge in [0.15, 0.2) is 0 Å². The first-order valence-corrected chi connectivity index (χ1v) is 6.99. The maximum atomic E-state index is 12.0. The molecule has 112 valence electrons. The summed E-state index contributed by atoms with van der Waals surface area (Å²) in [4.78, 5) is 20.0. The molecule has 0 bridgehead atoms. The molecule has 6 nitrogen and oxygen atoms in total. The van der Waals surface area contributed by atoms with Gasteiger partial charge in [0.05, 0.1) is 5.56 Å². The number of pyridine rings is 1. The van der Waals surface area contributed by atoms with Gasteiger partial charge in [-0.15, -0.1) is 0 Å². The minimum Gasteiger partial charge on any atom is -0.444 e. The van der Waals surface area contributed by atoms with Gasteiger partial charge in [-0.3, -0.25) is 0 Å². The lowest BCUT2D eigenvalue weighted by atomic mass is 10.2. The van der Waals surface area contributed by atoms with Gasteiger partial charge in [0.25, 0.3) is 0 Å². The Morgan fingerprint density at radius 2 is 2.00 bits per heavy atom. The molecular weight excluding hydrogens is 268 g/mol. The Morgan fingerprint density at radius 1 is 1.33 bits per heavy atom. The molecule has 0 radical (unpaired) electrons. The van der Waals surface area contributed by atoms with E-state index in [1.54, 1.807) is 23.2 Å². The number of ether oxygens (including phenoxy) is 1. The van der Waals surface area contributed by atoms with Gasteiger partial charge in [0, 0.05) is 32.4 Å². The number of hydrogen-bond acceptors (Lipinski definition) is 5. The number of nitrogens with zero attached hydrogens (tertiary/aromatic N) is 4. The number of aromatic nitrogens is 1. The molecule has 1 aromatic rings. The van der Waals surface area contributed by atoms with Gasteiger partial charge in [0.2, 0.25) is 0 Å². The number of carbonyl (C=O) groups is 1. The van der Waals surface area contributed by atoms with Gasteiger partial charge < -0.3 is 14.5 Å². The second-order valence-electron chi connectivity index (χ2n) is 5.94. The molecule has 2 heterocycles. The molecule has 21 heavy (non-hydrogen) atoms. The van der Waals surface area contributed by atoms with Gasteiger partial charge >= 0.3 is 6.09 Å². The van der Waals surface area contributed by atoms with Gasteiger partial charge in [-0.05, 0) is 32.9 Å². The predicted octanol–water partition coefficient (Wildman–Crippen LogP) is 2.01. The van der Waals surface area contributed by atoms with Crippen LogP contribution in [-0.2, 0) is 4.74 Å². The summed E-state index contributed by atoms with van der Waals surface area (Å²) >= 11 is 0. The highest BCUT2D eigenvalue weighted by Gasteiger charge is 2.26. The lowest BCUT2D eigenvalue weighted by Crippen LogP contribution is -2.50. The second kappa shape index (κ2) is 6.00. The third kappa shape index (κ3) is 3.85. The molecule has 1 amide bonds. The van der Waals surface area contributed by atoms with Crippen LogP contribution < -0.4 is 4.90 Å². The zero-order valence-corrected chi connectivity index (χ0v) is 12.7. The van der Waals surface area contributed by atoms with E-state index in [4.69, 9.17) is 10.00 Å². The van der Waals surface area contributed by atoms with E-state index in [0.717, 1.165) is 0 Å². The topological polar surface area (TPSA) is 69.5 Å². The fourth-order valence-corrected chi connectivity index (χ4v) is 2.16. The molecular formula is C15H20N4O2. The summed E-state index contributed by atoms with van der Waals surface area (Å²) in [5.41, 5.74) is 0.0756. The van der Waals surface area contributed by atoms with Gasteiger partial charge in [-0.2, -0.15) is 5.26 Å². The van der Waals surface area contributed by atoms with E-state index >= 15 is 0 Å². The molecule has 1 aromatic heterocycles. The molecule has 0 aliphatic carbocycles. The van der Waals surface area contributed by atoms with E-state index < -0.39 is 5.60 Å². The van der Waals surface area contributed by atoms with E-state index in [-0.39, 0.29) is 6.09 Å². The third-order valence-corrected chi connectivity index (χ3v) is 3.14. The first kappa shape index (κ1) is 15.1. The van der Waals surface area contributed by atoms with Crippen LogP contribution in [0.4, 0.5) is 10.6 Å². The van der Waals surface area contributed by atoms with Crippen LogP contribution >= 0.6 is 0 Å². The van der Waals surface area contributed by atoms with Gasteiger partial charge in [-0.1, -0.05) is 0 Å². The molecule has 0 spiro atoms. The van der Waals surface area contributed by atoms with E-state index in [0.29, 0.717) is 37.6 Å². The van der Waals surface area contributed by atoms with Crippen molar-refractivity contribution in [3.05, 3.63) is 23.9 Å². The summed E-state index contributed by atoms with van der Waals surface area (Å²) in [7, 11) is 0. The lowest BCUT2D eigenvalue weighted by molar-refractivity contribution is 0.0240. The highest BCUT2D eigenvalue weighted by atomic mass is 16.6. The minimum atomic E-state index is -0.483.